The fourth-order valence-electron chi connectivity index (χ4n) is 2.77. The van der Waals surface area contributed by atoms with Gasteiger partial charge in [-0.1, -0.05) is 39.2 Å². The zero-order valence-corrected chi connectivity index (χ0v) is 12.0. The van der Waals surface area contributed by atoms with Crippen LogP contribution in [0, 0.1) is 5.92 Å². The molecule has 0 saturated heterocycles. The summed E-state index contributed by atoms with van der Waals surface area (Å²) in [4.78, 5) is 4.85. The van der Waals surface area contributed by atoms with Crippen molar-refractivity contribution in [2.75, 3.05) is 0 Å². The Labute approximate surface area is 112 Å². The van der Waals surface area contributed by atoms with Gasteiger partial charge in [-0.25, -0.2) is 0 Å². The van der Waals surface area contributed by atoms with E-state index in [1.165, 1.54) is 74.7 Å². The first-order valence-electron chi connectivity index (χ1n) is 7.77. The van der Waals surface area contributed by atoms with Crippen molar-refractivity contribution < 1.29 is 0 Å². The molecule has 0 bridgehead atoms. The Morgan fingerprint density at radius 2 is 2.00 bits per heavy atom. The fraction of sp³-hybridized carbons (Fsp3) is 0.706. The molecule has 0 N–H and O–H groups in total. The Morgan fingerprint density at radius 3 is 2.83 bits per heavy atom. The molecule has 100 valence electrons. The van der Waals surface area contributed by atoms with Crippen LogP contribution in [0.4, 0.5) is 0 Å². The van der Waals surface area contributed by atoms with Gasteiger partial charge in [0.15, 0.2) is 0 Å². The summed E-state index contributed by atoms with van der Waals surface area (Å²) in [5.74, 6) is 0.890. The van der Waals surface area contributed by atoms with Crippen molar-refractivity contribution in [3.63, 3.8) is 0 Å². The fourth-order valence-corrected chi connectivity index (χ4v) is 2.77. The molecule has 1 aliphatic rings. The van der Waals surface area contributed by atoms with E-state index in [4.69, 9.17) is 4.98 Å². The standard InChI is InChI=1S/C17H27N/c1-3-14(2)8-4-6-10-16-13-12-15-9-5-7-11-17(15)18-16/h12-14H,3-11H2,1-2H3/t14-/m1/s1. The van der Waals surface area contributed by atoms with Gasteiger partial charge in [0, 0.05) is 11.4 Å². The van der Waals surface area contributed by atoms with Gasteiger partial charge in [-0.3, -0.25) is 4.98 Å². The second kappa shape index (κ2) is 6.92. The summed E-state index contributed by atoms with van der Waals surface area (Å²) >= 11 is 0. The van der Waals surface area contributed by atoms with Crippen LogP contribution in [0.3, 0.4) is 0 Å². The topological polar surface area (TPSA) is 12.9 Å². The maximum absolute atomic E-state index is 4.85. The molecule has 2 rings (SSSR count). The number of hydrogen-bond acceptors (Lipinski definition) is 1. The number of hydrogen-bond donors (Lipinski definition) is 0. The van der Waals surface area contributed by atoms with E-state index in [1.54, 1.807) is 0 Å². The van der Waals surface area contributed by atoms with Crippen LogP contribution in [-0.2, 0) is 19.3 Å². The highest BCUT2D eigenvalue weighted by Gasteiger charge is 2.10. The number of aryl methyl sites for hydroxylation is 3. The summed E-state index contributed by atoms with van der Waals surface area (Å²) < 4.78 is 0. The van der Waals surface area contributed by atoms with Gasteiger partial charge >= 0.3 is 0 Å². The van der Waals surface area contributed by atoms with Gasteiger partial charge in [0.05, 0.1) is 0 Å². The first-order chi connectivity index (χ1) is 8.79. The lowest BCUT2D eigenvalue weighted by molar-refractivity contribution is 0.483. The SMILES string of the molecule is CC[C@@H](C)CCCCc1ccc2c(n1)CCCC2. The number of unbranched alkanes of at least 4 members (excludes halogenated alkanes) is 1. The zero-order chi connectivity index (χ0) is 12.8. The van der Waals surface area contributed by atoms with Crippen LogP contribution in [0.2, 0.25) is 0 Å². The summed E-state index contributed by atoms with van der Waals surface area (Å²) in [5.41, 5.74) is 4.21. The van der Waals surface area contributed by atoms with Gasteiger partial charge in [0.25, 0.3) is 0 Å². The lowest BCUT2D eigenvalue weighted by atomic mass is 9.95. The molecule has 0 spiro atoms. The van der Waals surface area contributed by atoms with E-state index in [-0.39, 0.29) is 0 Å². The van der Waals surface area contributed by atoms with Gasteiger partial charge in [-0.15, -0.1) is 0 Å². The molecule has 0 saturated carbocycles. The predicted octanol–water partition coefficient (Wildman–Crippen LogP) is 4.72. The van der Waals surface area contributed by atoms with Crippen molar-refractivity contribution in [1.82, 2.24) is 4.98 Å². The largest absolute Gasteiger partial charge is 0.258 e. The second-order valence-electron chi connectivity index (χ2n) is 5.87. The van der Waals surface area contributed by atoms with Gasteiger partial charge < -0.3 is 0 Å². The molecular formula is C17H27N. The monoisotopic (exact) mass is 245 g/mol. The van der Waals surface area contributed by atoms with Crippen molar-refractivity contribution in [3.8, 4) is 0 Å². The number of nitrogens with zero attached hydrogens (tertiary/aromatic N) is 1. The van der Waals surface area contributed by atoms with Crippen molar-refractivity contribution in [1.29, 1.82) is 0 Å². The average molecular weight is 245 g/mol. The Morgan fingerprint density at radius 1 is 1.17 bits per heavy atom. The normalized spacial score (nSPS) is 16.3. The van der Waals surface area contributed by atoms with Crippen LogP contribution in [-0.4, -0.2) is 4.98 Å². The van der Waals surface area contributed by atoms with Gasteiger partial charge in [0.1, 0.15) is 0 Å². The minimum Gasteiger partial charge on any atom is -0.258 e. The van der Waals surface area contributed by atoms with Crippen LogP contribution in [0.25, 0.3) is 0 Å². The third-order valence-corrected chi connectivity index (χ3v) is 4.31. The maximum Gasteiger partial charge on any atom is 0.0438 e. The summed E-state index contributed by atoms with van der Waals surface area (Å²) in [6.07, 6.45) is 11.7. The summed E-state index contributed by atoms with van der Waals surface area (Å²) in [7, 11) is 0. The quantitative estimate of drug-likeness (QED) is 0.661. The van der Waals surface area contributed by atoms with Crippen molar-refractivity contribution in [2.24, 2.45) is 5.92 Å². The van der Waals surface area contributed by atoms with Crippen molar-refractivity contribution in [3.05, 3.63) is 29.1 Å². The van der Waals surface area contributed by atoms with E-state index in [2.05, 4.69) is 26.0 Å². The van der Waals surface area contributed by atoms with Gasteiger partial charge in [0.2, 0.25) is 0 Å². The summed E-state index contributed by atoms with van der Waals surface area (Å²) in [5, 5.41) is 0. The molecule has 0 aliphatic heterocycles. The van der Waals surface area contributed by atoms with Crippen molar-refractivity contribution >= 4 is 0 Å². The first kappa shape index (κ1) is 13.6. The molecule has 18 heavy (non-hydrogen) atoms. The molecule has 1 atom stereocenters. The molecular weight excluding hydrogens is 218 g/mol. The van der Waals surface area contributed by atoms with E-state index < -0.39 is 0 Å². The Hall–Kier alpha value is -0.850. The molecule has 1 aliphatic carbocycles. The molecule has 0 fully saturated rings. The molecule has 1 aromatic rings. The molecule has 0 radical (unpaired) electrons. The van der Waals surface area contributed by atoms with Crippen LogP contribution in [0.5, 0.6) is 0 Å². The van der Waals surface area contributed by atoms with Crippen LogP contribution < -0.4 is 0 Å². The van der Waals surface area contributed by atoms with Crippen molar-refractivity contribution in [2.45, 2.75) is 71.6 Å². The molecule has 0 unspecified atom stereocenters. The lowest BCUT2D eigenvalue weighted by Crippen LogP contribution is -2.07. The predicted molar refractivity (Wildman–Crippen MR) is 77.9 cm³/mol. The van der Waals surface area contributed by atoms with Gasteiger partial charge in [-0.2, -0.15) is 0 Å². The van der Waals surface area contributed by atoms with Gasteiger partial charge in [-0.05, 0) is 56.1 Å². The Balaban J connectivity index is 1.79. The summed E-state index contributed by atoms with van der Waals surface area (Å²) in [6, 6.07) is 4.58. The molecule has 1 aromatic heterocycles. The number of aromatic nitrogens is 1. The smallest absolute Gasteiger partial charge is 0.0438 e. The van der Waals surface area contributed by atoms with E-state index in [1.807, 2.05) is 0 Å². The third kappa shape index (κ3) is 3.83. The number of rotatable bonds is 6. The van der Waals surface area contributed by atoms with E-state index in [0.29, 0.717) is 0 Å². The Kier molecular flexibility index (Phi) is 5.22. The minimum absolute atomic E-state index is 0.890. The average Bonchev–Trinajstić information content (AvgIpc) is 2.43. The van der Waals surface area contributed by atoms with Crippen LogP contribution in [0.1, 0.15) is 69.3 Å². The van der Waals surface area contributed by atoms with E-state index in [9.17, 15) is 0 Å². The second-order valence-corrected chi connectivity index (χ2v) is 5.87. The maximum atomic E-state index is 4.85. The minimum atomic E-state index is 0.890. The first-order valence-corrected chi connectivity index (χ1v) is 7.77. The molecule has 0 aromatic carbocycles. The molecule has 1 nitrogen and oxygen atoms in total. The highest BCUT2D eigenvalue weighted by atomic mass is 14.7. The van der Waals surface area contributed by atoms with E-state index in [0.717, 1.165) is 5.92 Å². The number of fused-ring (bicyclic) bond motifs is 1. The molecule has 1 heterocycles. The highest BCUT2D eigenvalue weighted by molar-refractivity contribution is 5.25. The van der Waals surface area contributed by atoms with Crippen LogP contribution in [0.15, 0.2) is 12.1 Å². The van der Waals surface area contributed by atoms with E-state index >= 15 is 0 Å². The molecule has 0 amide bonds. The highest BCUT2D eigenvalue weighted by Crippen LogP contribution is 2.20. The Bertz CT molecular complexity index is 370. The summed E-state index contributed by atoms with van der Waals surface area (Å²) in [6.45, 7) is 4.65. The zero-order valence-electron chi connectivity index (χ0n) is 12.0. The molecule has 1 heteroatoms. The lowest BCUT2D eigenvalue weighted by Gasteiger charge is -2.15. The van der Waals surface area contributed by atoms with Crippen LogP contribution >= 0.6 is 0 Å². The third-order valence-electron chi connectivity index (χ3n) is 4.31. The number of pyridine rings is 1.